The first kappa shape index (κ1) is 14.7. The second kappa shape index (κ2) is 7.81. The molecular weight excluding hydrogens is 260 g/mol. The minimum atomic E-state index is 0.275. The van der Waals surface area contributed by atoms with Gasteiger partial charge in [-0.3, -0.25) is 5.43 Å². The summed E-state index contributed by atoms with van der Waals surface area (Å²) >= 11 is 0. The molecule has 0 saturated carbocycles. The van der Waals surface area contributed by atoms with E-state index in [9.17, 15) is 0 Å². The van der Waals surface area contributed by atoms with E-state index in [2.05, 4.69) is 25.7 Å². The molecule has 1 aromatic rings. The van der Waals surface area contributed by atoms with Crippen LogP contribution in [0, 0.1) is 5.92 Å². The van der Waals surface area contributed by atoms with E-state index in [1.54, 1.807) is 0 Å². The molecule has 8 heteroatoms. The molecule has 4 N–H and O–H groups in total. The van der Waals surface area contributed by atoms with Crippen LogP contribution in [0.3, 0.4) is 0 Å². The van der Waals surface area contributed by atoms with E-state index < -0.39 is 0 Å². The lowest BCUT2D eigenvalue weighted by Crippen LogP contribution is -2.25. The number of aromatic nitrogens is 3. The number of rotatable bonds is 7. The van der Waals surface area contributed by atoms with Crippen molar-refractivity contribution in [2.24, 2.45) is 11.8 Å². The molecule has 0 amide bonds. The minimum Gasteiger partial charge on any atom is -0.463 e. The zero-order valence-corrected chi connectivity index (χ0v) is 11.8. The predicted octanol–water partition coefficient (Wildman–Crippen LogP) is 0.784. The summed E-state index contributed by atoms with van der Waals surface area (Å²) in [6.07, 6.45) is 3.14. The first-order chi connectivity index (χ1) is 9.81. The monoisotopic (exact) mass is 282 g/mol. The summed E-state index contributed by atoms with van der Waals surface area (Å²) in [4.78, 5) is 12.4. The molecule has 0 aromatic carbocycles. The van der Waals surface area contributed by atoms with Crippen LogP contribution >= 0.6 is 0 Å². The fraction of sp³-hybridized carbons (Fsp3) is 0.750. The molecule has 0 bridgehead atoms. The second-order valence-electron chi connectivity index (χ2n) is 4.72. The van der Waals surface area contributed by atoms with Crippen molar-refractivity contribution in [2.45, 2.75) is 26.2 Å². The van der Waals surface area contributed by atoms with Gasteiger partial charge in [0, 0.05) is 13.2 Å². The van der Waals surface area contributed by atoms with E-state index in [1.807, 2.05) is 6.92 Å². The molecule has 1 aliphatic heterocycles. The standard InChI is InChI=1S/C12H22N6O2/c1-2-5-20-12-16-10(15-11(17-12)18-13)14-7-9-4-3-6-19-8-9/h9H,2-8,13H2,1H3,(H2,14,15,16,17,18). The number of nitrogen functional groups attached to an aromatic ring is 1. The van der Waals surface area contributed by atoms with E-state index in [4.69, 9.17) is 15.3 Å². The SMILES string of the molecule is CCCOc1nc(NN)nc(NCC2CCCOC2)n1. The van der Waals surface area contributed by atoms with E-state index in [-0.39, 0.29) is 12.0 Å². The number of ether oxygens (including phenoxy) is 2. The van der Waals surface area contributed by atoms with Gasteiger partial charge in [-0.2, -0.15) is 15.0 Å². The largest absolute Gasteiger partial charge is 0.463 e. The predicted molar refractivity (Wildman–Crippen MR) is 75.5 cm³/mol. The highest BCUT2D eigenvalue weighted by Crippen LogP contribution is 2.15. The second-order valence-corrected chi connectivity index (χ2v) is 4.72. The smallest absolute Gasteiger partial charge is 0.323 e. The van der Waals surface area contributed by atoms with Crippen molar-refractivity contribution in [1.29, 1.82) is 0 Å². The first-order valence-corrected chi connectivity index (χ1v) is 6.99. The Hall–Kier alpha value is -1.67. The molecule has 1 saturated heterocycles. The van der Waals surface area contributed by atoms with Gasteiger partial charge in [0.1, 0.15) is 0 Å². The number of nitrogens with one attached hydrogen (secondary N) is 2. The normalized spacial score (nSPS) is 18.6. The molecule has 0 aliphatic carbocycles. The summed E-state index contributed by atoms with van der Waals surface area (Å²) in [6, 6.07) is 0.275. The van der Waals surface area contributed by atoms with Crippen LogP contribution in [0.2, 0.25) is 0 Å². The Labute approximate surface area is 118 Å². The van der Waals surface area contributed by atoms with Crippen LogP contribution in [0.4, 0.5) is 11.9 Å². The molecule has 1 aromatic heterocycles. The number of hydrogen-bond acceptors (Lipinski definition) is 8. The lowest BCUT2D eigenvalue weighted by atomic mass is 10.0. The molecule has 8 nitrogen and oxygen atoms in total. The summed E-state index contributed by atoms with van der Waals surface area (Å²) in [7, 11) is 0. The highest BCUT2D eigenvalue weighted by atomic mass is 16.5. The lowest BCUT2D eigenvalue weighted by Gasteiger charge is -2.22. The maximum absolute atomic E-state index is 5.44. The number of hydrogen-bond donors (Lipinski definition) is 3. The molecular formula is C12H22N6O2. The zero-order valence-electron chi connectivity index (χ0n) is 11.8. The van der Waals surface area contributed by atoms with Gasteiger partial charge >= 0.3 is 6.01 Å². The van der Waals surface area contributed by atoms with E-state index >= 15 is 0 Å². The van der Waals surface area contributed by atoms with Crippen molar-refractivity contribution in [3.05, 3.63) is 0 Å². The van der Waals surface area contributed by atoms with Crippen molar-refractivity contribution in [1.82, 2.24) is 15.0 Å². The Morgan fingerprint density at radius 3 is 2.90 bits per heavy atom. The number of nitrogens with zero attached hydrogens (tertiary/aromatic N) is 3. The Kier molecular flexibility index (Phi) is 5.75. The first-order valence-electron chi connectivity index (χ1n) is 6.99. The van der Waals surface area contributed by atoms with Crippen LogP contribution in [-0.4, -0.2) is 41.3 Å². The van der Waals surface area contributed by atoms with Crippen LogP contribution in [0.1, 0.15) is 26.2 Å². The Morgan fingerprint density at radius 2 is 2.20 bits per heavy atom. The van der Waals surface area contributed by atoms with Crippen LogP contribution in [0.15, 0.2) is 0 Å². The van der Waals surface area contributed by atoms with Gasteiger partial charge in [-0.05, 0) is 25.2 Å². The van der Waals surface area contributed by atoms with E-state index in [1.165, 1.54) is 0 Å². The van der Waals surface area contributed by atoms with Gasteiger partial charge < -0.3 is 14.8 Å². The average Bonchev–Trinajstić information content (AvgIpc) is 2.51. The molecule has 0 spiro atoms. The van der Waals surface area contributed by atoms with Gasteiger partial charge in [-0.1, -0.05) is 6.92 Å². The third kappa shape index (κ3) is 4.46. The molecule has 1 unspecified atom stereocenters. The summed E-state index contributed by atoms with van der Waals surface area (Å²) in [6.45, 7) is 4.98. The number of nitrogens with two attached hydrogens (primary N) is 1. The average molecular weight is 282 g/mol. The molecule has 1 fully saturated rings. The molecule has 112 valence electrons. The summed E-state index contributed by atoms with van der Waals surface area (Å²) in [5.41, 5.74) is 2.42. The molecule has 1 atom stereocenters. The van der Waals surface area contributed by atoms with Gasteiger partial charge in [0.2, 0.25) is 11.9 Å². The topological polar surface area (TPSA) is 107 Å². The maximum Gasteiger partial charge on any atom is 0.323 e. The maximum atomic E-state index is 5.44. The van der Waals surface area contributed by atoms with E-state index in [0.29, 0.717) is 18.5 Å². The summed E-state index contributed by atoms with van der Waals surface area (Å²) < 4.78 is 10.8. The summed E-state index contributed by atoms with van der Waals surface area (Å²) in [5.74, 6) is 6.58. The Morgan fingerprint density at radius 1 is 1.35 bits per heavy atom. The lowest BCUT2D eigenvalue weighted by molar-refractivity contribution is 0.0594. The minimum absolute atomic E-state index is 0.275. The quantitative estimate of drug-likeness (QED) is 0.497. The van der Waals surface area contributed by atoms with Crippen molar-refractivity contribution in [3.8, 4) is 6.01 Å². The number of hydrazine groups is 1. The van der Waals surface area contributed by atoms with Gasteiger partial charge in [-0.25, -0.2) is 5.84 Å². The van der Waals surface area contributed by atoms with Gasteiger partial charge in [0.15, 0.2) is 0 Å². The fourth-order valence-electron chi connectivity index (χ4n) is 1.96. The fourth-order valence-corrected chi connectivity index (χ4v) is 1.96. The van der Waals surface area contributed by atoms with Crippen LogP contribution in [-0.2, 0) is 4.74 Å². The van der Waals surface area contributed by atoms with Crippen LogP contribution in [0.25, 0.3) is 0 Å². The summed E-state index contributed by atoms with van der Waals surface area (Å²) in [5, 5.41) is 3.19. The van der Waals surface area contributed by atoms with E-state index in [0.717, 1.165) is 39.0 Å². The third-order valence-corrected chi connectivity index (χ3v) is 2.98. The molecule has 1 aliphatic rings. The number of anilines is 2. The van der Waals surface area contributed by atoms with Gasteiger partial charge in [0.05, 0.1) is 13.2 Å². The van der Waals surface area contributed by atoms with Gasteiger partial charge in [0.25, 0.3) is 0 Å². The van der Waals surface area contributed by atoms with Gasteiger partial charge in [-0.15, -0.1) is 0 Å². The molecule has 2 heterocycles. The highest BCUT2D eigenvalue weighted by molar-refractivity contribution is 5.34. The zero-order chi connectivity index (χ0) is 14.2. The molecule has 20 heavy (non-hydrogen) atoms. The third-order valence-electron chi connectivity index (χ3n) is 2.98. The Balaban J connectivity index is 1.94. The van der Waals surface area contributed by atoms with Crippen LogP contribution < -0.4 is 21.3 Å². The molecule has 2 rings (SSSR count). The highest BCUT2D eigenvalue weighted by Gasteiger charge is 2.14. The molecule has 0 radical (unpaired) electrons. The van der Waals surface area contributed by atoms with Crippen molar-refractivity contribution >= 4 is 11.9 Å². The Bertz CT molecular complexity index is 411. The van der Waals surface area contributed by atoms with Crippen LogP contribution in [0.5, 0.6) is 6.01 Å². The van der Waals surface area contributed by atoms with Crippen molar-refractivity contribution in [2.75, 3.05) is 37.1 Å². The van der Waals surface area contributed by atoms with Crippen molar-refractivity contribution in [3.63, 3.8) is 0 Å². The van der Waals surface area contributed by atoms with Crippen molar-refractivity contribution < 1.29 is 9.47 Å².